The number of rotatable bonds is 8. The lowest BCUT2D eigenvalue weighted by Gasteiger charge is -2.47. The number of carbonyl (C=O) groups is 1. The SMILES string of the molecule is CS(=O)(=O)c1cncc(-c2ccc(N3C(=O)[C@H](SC[C@H](O)c4ccc(Cl)cc4)[C@H]3c3ccc(O)cc3)cc2)c1. The summed E-state index contributed by atoms with van der Waals surface area (Å²) in [6.45, 7) is 0. The molecule has 1 aliphatic heterocycles. The van der Waals surface area contributed by atoms with Crippen LogP contribution in [0.1, 0.15) is 23.3 Å². The number of phenolic OH excluding ortho intramolecular Hbond substituents is 1. The Hall–Kier alpha value is -3.37. The minimum Gasteiger partial charge on any atom is -0.508 e. The van der Waals surface area contributed by atoms with Crippen molar-refractivity contribution in [2.75, 3.05) is 16.9 Å². The van der Waals surface area contributed by atoms with E-state index in [1.54, 1.807) is 65.7 Å². The number of phenols is 1. The number of nitrogens with zero attached hydrogens (tertiary/aromatic N) is 2. The van der Waals surface area contributed by atoms with Crippen molar-refractivity contribution < 1.29 is 23.4 Å². The zero-order valence-electron chi connectivity index (χ0n) is 20.8. The summed E-state index contributed by atoms with van der Waals surface area (Å²) in [5.74, 6) is 0.366. The van der Waals surface area contributed by atoms with Gasteiger partial charge >= 0.3 is 0 Å². The maximum atomic E-state index is 13.4. The summed E-state index contributed by atoms with van der Waals surface area (Å²) < 4.78 is 23.9. The summed E-state index contributed by atoms with van der Waals surface area (Å²) >= 11 is 7.34. The van der Waals surface area contributed by atoms with Crippen molar-refractivity contribution in [3.8, 4) is 16.9 Å². The average molecular weight is 581 g/mol. The standard InChI is InChI=1S/C29H25ClN2O5S2/c1-39(36,37)25-14-21(15-31-16-25)18-4-10-23(11-5-18)32-27(20-6-12-24(33)13-7-20)28(29(32)35)38-17-26(34)19-2-8-22(30)9-3-19/h2-16,26-28,33-34H,17H2,1H3/t26-,27+,28+/m0/s1. The van der Waals surface area contributed by atoms with E-state index in [0.29, 0.717) is 22.0 Å². The Morgan fingerprint density at radius 1 is 0.974 bits per heavy atom. The minimum absolute atomic E-state index is 0.0881. The van der Waals surface area contributed by atoms with E-state index in [-0.39, 0.29) is 22.6 Å². The maximum Gasteiger partial charge on any atom is 0.243 e. The predicted molar refractivity (Wildman–Crippen MR) is 154 cm³/mol. The van der Waals surface area contributed by atoms with Crippen LogP contribution in [0.15, 0.2) is 96.2 Å². The van der Waals surface area contributed by atoms with Crippen molar-refractivity contribution >= 4 is 44.8 Å². The van der Waals surface area contributed by atoms with Crippen LogP contribution in [0.3, 0.4) is 0 Å². The van der Waals surface area contributed by atoms with Gasteiger partial charge in [0.15, 0.2) is 9.84 Å². The van der Waals surface area contributed by atoms with E-state index in [1.165, 1.54) is 18.0 Å². The number of thioether (sulfide) groups is 1. The second-order valence-electron chi connectivity index (χ2n) is 9.29. The number of anilines is 1. The second-order valence-corrected chi connectivity index (χ2v) is 12.9. The fraction of sp³-hybridized carbons (Fsp3) is 0.172. The van der Waals surface area contributed by atoms with Crippen LogP contribution >= 0.6 is 23.4 Å². The molecule has 1 saturated heterocycles. The molecule has 1 fully saturated rings. The number of hydrogen-bond acceptors (Lipinski definition) is 7. The third-order valence-electron chi connectivity index (χ3n) is 6.59. The molecule has 3 aromatic carbocycles. The summed E-state index contributed by atoms with van der Waals surface area (Å²) in [4.78, 5) is 19.3. The van der Waals surface area contributed by atoms with Crippen LogP contribution in [-0.2, 0) is 14.6 Å². The highest BCUT2D eigenvalue weighted by molar-refractivity contribution is 8.00. The number of benzene rings is 3. The number of aliphatic hydroxyl groups excluding tert-OH is 1. The van der Waals surface area contributed by atoms with Gasteiger partial charge in [-0.05, 0) is 59.2 Å². The Kier molecular flexibility index (Phi) is 7.68. The molecule has 0 saturated carbocycles. The normalized spacial score (nSPS) is 18.0. The molecular formula is C29H25ClN2O5S2. The molecule has 1 aromatic heterocycles. The van der Waals surface area contributed by atoms with E-state index < -0.39 is 21.2 Å². The number of hydrogen-bond donors (Lipinski definition) is 2. The largest absolute Gasteiger partial charge is 0.508 e. The zero-order chi connectivity index (χ0) is 27.7. The molecule has 1 aliphatic rings. The van der Waals surface area contributed by atoms with Crippen LogP contribution < -0.4 is 4.90 Å². The molecule has 2 heterocycles. The van der Waals surface area contributed by atoms with Gasteiger partial charge in [0, 0.05) is 40.7 Å². The third kappa shape index (κ3) is 5.81. The lowest BCUT2D eigenvalue weighted by Crippen LogP contribution is -2.57. The van der Waals surface area contributed by atoms with Crippen LogP contribution in [0.2, 0.25) is 5.02 Å². The predicted octanol–water partition coefficient (Wildman–Crippen LogP) is 5.43. The molecule has 2 N–H and O–H groups in total. The number of β-lactam (4-membered cyclic amide) rings is 1. The molecule has 3 atom stereocenters. The van der Waals surface area contributed by atoms with Gasteiger partial charge in [-0.1, -0.05) is 48.0 Å². The summed E-state index contributed by atoms with van der Waals surface area (Å²) in [5.41, 5.74) is 3.69. The Labute approximate surface area is 236 Å². The topological polar surface area (TPSA) is 108 Å². The fourth-order valence-corrected chi connectivity index (χ4v) is 6.50. The van der Waals surface area contributed by atoms with Gasteiger partial charge in [0.1, 0.15) is 11.0 Å². The van der Waals surface area contributed by atoms with E-state index in [0.717, 1.165) is 22.9 Å². The number of amides is 1. The first kappa shape index (κ1) is 27.2. The Balaban J connectivity index is 1.38. The van der Waals surface area contributed by atoms with Crippen LogP contribution in [-0.4, -0.2) is 46.8 Å². The van der Waals surface area contributed by atoms with E-state index in [2.05, 4.69) is 4.98 Å². The summed E-state index contributed by atoms with van der Waals surface area (Å²) in [6, 6.07) is 22.3. The van der Waals surface area contributed by atoms with Gasteiger partial charge in [-0.15, -0.1) is 11.8 Å². The maximum absolute atomic E-state index is 13.4. The number of carbonyl (C=O) groups excluding carboxylic acids is 1. The summed E-state index contributed by atoms with van der Waals surface area (Å²) in [6.07, 6.45) is 3.29. The molecular weight excluding hydrogens is 556 g/mol. The lowest BCUT2D eigenvalue weighted by molar-refractivity contribution is -0.123. The average Bonchev–Trinajstić information content (AvgIpc) is 2.92. The quantitative estimate of drug-likeness (QED) is 0.267. The molecule has 7 nitrogen and oxygen atoms in total. The molecule has 39 heavy (non-hydrogen) atoms. The molecule has 0 aliphatic carbocycles. The van der Waals surface area contributed by atoms with Gasteiger partial charge in [0.05, 0.1) is 17.0 Å². The van der Waals surface area contributed by atoms with Crippen molar-refractivity contribution in [3.63, 3.8) is 0 Å². The molecule has 4 aromatic rings. The first-order valence-corrected chi connectivity index (χ1v) is 15.4. The Morgan fingerprint density at radius 2 is 1.64 bits per heavy atom. The van der Waals surface area contributed by atoms with E-state index in [1.807, 2.05) is 24.3 Å². The van der Waals surface area contributed by atoms with Crippen molar-refractivity contribution in [3.05, 3.63) is 107 Å². The molecule has 0 spiro atoms. The van der Waals surface area contributed by atoms with Crippen LogP contribution in [0, 0.1) is 0 Å². The number of aliphatic hydroxyl groups is 1. The highest BCUT2D eigenvalue weighted by Crippen LogP contribution is 2.46. The van der Waals surface area contributed by atoms with Gasteiger partial charge in [-0.25, -0.2) is 8.42 Å². The van der Waals surface area contributed by atoms with Crippen LogP contribution in [0.5, 0.6) is 5.75 Å². The number of aromatic nitrogens is 1. The number of aromatic hydroxyl groups is 1. The molecule has 1 amide bonds. The molecule has 10 heteroatoms. The van der Waals surface area contributed by atoms with Crippen molar-refractivity contribution in [1.29, 1.82) is 0 Å². The van der Waals surface area contributed by atoms with Gasteiger partial charge in [0.25, 0.3) is 0 Å². The molecule has 0 unspecified atom stereocenters. The lowest BCUT2D eigenvalue weighted by atomic mass is 9.92. The second kappa shape index (κ2) is 11.0. The van der Waals surface area contributed by atoms with E-state index >= 15 is 0 Å². The first-order chi connectivity index (χ1) is 18.6. The van der Waals surface area contributed by atoms with Gasteiger partial charge < -0.3 is 15.1 Å². The van der Waals surface area contributed by atoms with Crippen molar-refractivity contribution in [2.45, 2.75) is 22.3 Å². The monoisotopic (exact) mass is 580 g/mol. The molecule has 200 valence electrons. The number of pyridine rings is 1. The van der Waals surface area contributed by atoms with Crippen molar-refractivity contribution in [1.82, 2.24) is 4.98 Å². The van der Waals surface area contributed by atoms with Crippen LogP contribution in [0.25, 0.3) is 11.1 Å². The smallest absolute Gasteiger partial charge is 0.243 e. The molecule has 0 radical (unpaired) electrons. The van der Waals surface area contributed by atoms with Gasteiger partial charge in [-0.3, -0.25) is 9.78 Å². The van der Waals surface area contributed by atoms with Crippen LogP contribution in [0.4, 0.5) is 5.69 Å². The fourth-order valence-electron chi connectivity index (χ4n) is 4.48. The highest BCUT2D eigenvalue weighted by atomic mass is 35.5. The molecule has 0 bridgehead atoms. The number of halogens is 1. The van der Waals surface area contributed by atoms with Gasteiger partial charge in [0.2, 0.25) is 5.91 Å². The summed E-state index contributed by atoms with van der Waals surface area (Å²) in [7, 11) is -3.39. The Bertz CT molecular complexity index is 1590. The van der Waals surface area contributed by atoms with Crippen molar-refractivity contribution in [2.24, 2.45) is 0 Å². The zero-order valence-corrected chi connectivity index (χ0v) is 23.2. The van der Waals surface area contributed by atoms with E-state index in [4.69, 9.17) is 11.6 Å². The Morgan fingerprint density at radius 3 is 2.28 bits per heavy atom. The van der Waals surface area contributed by atoms with Gasteiger partial charge in [-0.2, -0.15) is 0 Å². The van der Waals surface area contributed by atoms with E-state index in [9.17, 15) is 23.4 Å². The molecule has 5 rings (SSSR count). The highest BCUT2D eigenvalue weighted by Gasteiger charge is 2.49. The minimum atomic E-state index is -3.39. The third-order valence-corrected chi connectivity index (χ3v) is 9.25. The first-order valence-electron chi connectivity index (χ1n) is 12.0. The number of sulfone groups is 1. The summed E-state index contributed by atoms with van der Waals surface area (Å²) in [5, 5.41) is 20.6.